The van der Waals surface area contributed by atoms with Gasteiger partial charge in [-0.05, 0) is 31.6 Å². The molecular weight excluding hydrogens is 230 g/mol. The van der Waals surface area contributed by atoms with Crippen molar-refractivity contribution in [3.05, 3.63) is 0 Å². The van der Waals surface area contributed by atoms with Crippen LogP contribution in [0.3, 0.4) is 0 Å². The number of rotatable bonds is 7. The van der Waals surface area contributed by atoms with E-state index in [1.165, 1.54) is 12.8 Å². The summed E-state index contributed by atoms with van der Waals surface area (Å²) in [5.74, 6) is 1.10. The van der Waals surface area contributed by atoms with E-state index in [0.29, 0.717) is 25.7 Å². The number of nitrogens with one attached hydrogen (secondary N) is 1. The molecule has 0 aliphatic heterocycles. The van der Waals surface area contributed by atoms with Crippen LogP contribution in [-0.4, -0.2) is 38.9 Å². The first kappa shape index (κ1) is 15.4. The van der Waals surface area contributed by atoms with Gasteiger partial charge in [0.2, 0.25) is 0 Å². The lowest BCUT2D eigenvalue weighted by Gasteiger charge is -2.31. The SMILES string of the molecule is CCOC(=O)C(NCCOC)C1CCC(C)CC1. The summed E-state index contributed by atoms with van der Waals surface area (Å²) in [6.45, 7) is 5.91. The molecule has 0 bridgehead atoms. The van der Waals surface area contributed by atoms with E-state index in [4.69, 9.17) is 9.47 Å². The fourth-order valence-corrected chi connectivity index (χ4v) is 2.61. The molecule has 1 aliphatic rings. The second kappa shape index (κ2) is 8.48. The highest BCUT2D eigenvalue weighted by molar-refractivity contribution is 5.76. The Morgan fingerprint density at radius 3 is 2.56 bits per heavy atom. The van der Waals surface area contributed by atoms with Gasteiger partial charge in [0.05, 0.1) is 13.2 Å². The lowest BCUT2D eigenvalue weighted by Crippen LogP contribution is -2.46. The molecule has 0 aromatic rings. The summed E-state index contributed by atoms with van der Waals surface area (Å²) in [7, 11) is 1.67. The van der Waals surface area contributed by atoms with Gasteiger partial charge >= 0.3 is 5.97 Å². The molecule has 0 heterocycles. The molecule has 1 fully saturated rings. The fourth-order valence-electron chi connectivity index (χ4n) is 2.61. The monoisotopic (exact) mass is 257 g/mol. The molecule has 0 aromatic carbocycles. The molecule has 4 nitrogen and oxygen atoms in total. The molecular formula is C14H27NO3. The Balaban J connectivity index is 2.49. The number of hydrogen-bond donors (Lipinski definition) is 1. The first-order valence-corrected chi connectivity index (χ1v) is 7.08. The van der Waals surface area contributed by atoms with E-state index in [1.807, 2.05) is 6.92 Å². The Hall–Kier alpha value is -0.610. The van der Waals surface area contributed by atoms with Gasteiger partial charge in [-0.25, -0.2) is 0 Å². The van der Waals surface area contributed by atoms with Crippen molar-refractivity contribution in [1.29, 1.82) is 0 Å². The van der Waals surface area contributed by atoms with Gasteiger partial charge in [0.1, 0.15) is 6.04 Å². The summed E-state index contributed by atoms with van der Waals surface area (Å²) in [6.07, 6.45) is 4.66. The highest BCUT2D eigenvalue weighted by atomic mass is 16.5. The lowest BCUT2D eigenvalue weighted by molar-refractivity contribution is -0.147. The number of esters is 1. The van der Waals surface area contributed by atoms with E-state index in [9.17, 15) is 4.79 Å². The van der Waals surface area contributed by atoms with E-state index in [2.05, 4.69) is 12.2 Å². The van der Waals surface area contributed by atoms with Crippen LogP contribution in [0.15, 0.2) is 0 Å². The predicted molar refractivity (Wildman–Crippen MR) is 71.4 cm³/mol. The Morgan fingerprint density at radius 1 is 1.33 bits per heavy atom. The van der Waals surface area contributed by atoms with Crippen molar-refractivity contribution < 1.29 is 14.3 Å². The van der Waals surface area contributed by atoms with Crippen LogP contribution in [0.5, 0.6) is 0 Å². The summed E-state index contributed by atoms with van der Waals surface area (Å²) < 4.78 is 10.2. The molecule has 1 N–H and O–H groups in total. The molecule has 1 aliphatic carbocycles. The van der Waals surface area contributed by atoms with E-state index < -0.39 is 0 Å². The summed E-state index contributed by atoms with van der Waals surface area (Å²) >= 11 is 0. The smallest absolute Gasteiger partial charge is 0.323 e. The molecule has 18 heavy (non-hydrogen) atoms. The predicted octanol–water partition coefficient (Wildman–Crippen LogP) is 1.98. The van der Waals surface area contributed by atoms with E-state index in [0.717, 1.165) is 18.8 Å². The van der Waals surface area contributed by atoms with Gasteiger partial charge in [-0.15, -0.1) is 0 Å². The van der Waals surface area contributed by atoms with Crippen molar-refractivity contribution in [3.8, 4) is 0 Å². The Bertz CT molecular complexity index is 237. The average Bonchev–Trinajstić information content (AvgIpc) is 2.36. The summed E-state index contributed by atoms with van der Waals surface area (Å²) in [5, 5.41) is 3.29. The third-order valence-corrected chi connectivity index (χ3v) is 3.74. The summed E-state index contributed by atoms with van der Waals surface area (Å²) in [4.78, 5) is 12.0. The van der Waals surface area contributed by atoms with Crippen molar-refractivity contribution in [2.24, 2.45) is 11.8 Å². The van der Waals surface area contributed by atoms with Crippen molar-refractivity contribution in [2.75, 3.05) is 26.9 Å². The van der Waals surface area contributed by atoms with Crippen molar-refractivity contribution >= 4 is 5.97 Å². The standard InChI is InChI=1S/C14H27NO3/c1-4-18-14(16)13(15-9-10-17-3)12-7-5-11(2)6-8-12/h11-13,15H,4-10H2,1-3H3. The number of ether oxygens (including phenoxy) is 2. The number of hydrogen-bond acceptors (Lipinski definition) is 4. The van der Waals surface area contributed by atoms with Crippen LogP contribution in [0.1, 0.15) is 39.5 Å². The zero-order valence-electron chi connectivity index (χ0n) is 11.9. The third-order valence-electron chi connectivity index (χ3n) is 3.74. The van der Waals surface area contributed by atoms with Crippen molar-refractivity contribution in [2.45, 2.75) is 45.6 Å². The Morgan fingerprint density at radius 2 is 2.00 bits per heavy atom. The second-order valence-electron chi connectivity index (χ2n) is 5.20. The quantitative estimate of drug-likeness (QED) is 0.559. The third kappa shape index (κ3) is 4.94. The van der Waals surface area contributed by atoms with Crippen LogP contribution in [0.4, 0.5) is 0 Å². The number of carbonyl (C=O) groups is 1. The molecule has 1 saturated carbocycles. The topological polar surface area (TPSA) is 47.6 Å². The molecule has 0 radical (unpaired) electrons. The van der Waals surface area contributed by atoms with Gasteiger partial charge in [-0.1, -0.05) is 19.8 Å². The minimum absolute atomic E-state index is 0.104. The molecule has 0 aromatic heterocycles. The largest absolute Gasteiger partial charge is 0.465 e. The Labute approximate surface area is 110 Å². The summed E-state index contributed by atoms with van der Waals surface area (Å²) in [5.41, 5.74) is 0. The molecule has 4 heteroatoms. The molecule has 0 saturated heterocycles. The highest BCUT2D eigenvalue weighted by Gasteiger charge is 2.31. The van der Waals surface area contributed by atoms with Gasteiger partial charge in [-0.2, -0.15) is 0 Å². The van der Waals surface area contributed by atoms with E-state index >= 15 is 0 Å². The minimum atomic E-state index is -0.160. The highest BCUT2D eigenvalue weighted by Crippen LogP contribution is 2.30. The van der Waals surface area contributed by atoms with Crippen LogP contribution in [0.2, 0.25) is 0 Å². The Kier molecular flexibility index (Phi) is 7.28. The van der Waals surface area contributed by atoms with Gasteiger partial charge in [0.15, 0.2) is 0 Å². The fraction of sp³-hybridized carbons (Fsp3) is 0.929. The molecule has 1 unspecified atom stereocenters. The molecule has 0 spiro atoms. The molecule has 1 atom stereocenters. The van der Waals surface area contributed by atoms with Gasteiger partial charge < -0.3 is 14.8 Å². The molecule has 1 rings (SSSR count). The first-order valence-electron chi connectivity index (χ1n) is 7.08. The zero-order chi connectivity index (χ0) is 13.4. The first-order chi connectivity index (χ1) is 8.69. The maximum atomic E-state index is 12.0. The van der Waals surface area contributed by atoms with Gasteiger partial charge in [-0.3, -0.25) is 4.79 Å². The lowest BCUT2D eigenvalue weighted by atomic mass is 9.79. The number of carbonyl (C=O) groups excluding carboxylic acids is 1. The average molecular weight is 257 g/mol. The van der Waals surface area contributed by atoms with E-state index in [-0.39, 0.29) is 12.0 Å². The zero-order valence-corrected chi connectivity index (χ0v) is 11.9. The number of methoxy groups -OCH3 is 1. The van der Waals surface area contributed by atoms with Gasteiger partial charge in [0.25, 0.3) is 0 Å². The van der Waals surface area contributed by atoms with E-state index in [1.54, 1.807) is 7.11 Å². The van der Waals surface area contributed by atoms with Crippen molar-refractivity contribution in [1.82, 2.24) is 5.32 Å². The van der Waals surface area contributed by atoms with Crippen LogP contribution >= 0.6 is 0 Å². The molecule has 106 valence electrons. The van der Waals surface area contributed by atoms with Crippen molar-refractivity contribution in [3.63, 3.8) is 0 Å². The van der Waals surface area contributed by atoms with Crippen LogP contribution in [0.25, 0.3) is 0 Å². The maximum absolute atomic E-state index is 12.0. The normalized spacial score (nSPS) is 25.7. The van der Waals surface area contributed by atoms with Crippen LogP contribution < -0.4 is 5.32 Å². The van der Waals surface area contributed by atoms with Gasteiger partial charge in [0, 0.05) is 13.7 Å². The van der Waals surface area contributed by atoms with Crippen LogP contribution in [0, 0.1) is 11.8 Å². The molecule has 0 amide bonds. The summed E-state index contributed by atoms with van der Waals surface area (Å²) in [6, 6.07) is -0.160. The second-order valence-corrected chi connectivity index (χ2v) is 5.20. The minimum Gasteiger partial charge on any atom is -0.465 e. The van der Waals surface area contributed by atoms with Crippen LogP contribution in [-0.2, 0) is 14.3 Å². The maximum Gasteiger partial charge on any atom is 0.323 e.